The number of nitrogens with one attached hydrogen (secondary N) is 1. The molecular formula is C17H24FN3O2. The fourth-order valence-corrected chi connectivity index (χ4v) is 2.30. The Morgan fingerprint density at radius 1 is 1.30 bits per heavy atom. The fraction of sp³-hybridized carbons (Fsp3) is 0.529. The Bertz CT molecular complexity index is 661. The molecule has 0 bridgehead atoms. The summed E-state index contributed by atoms with van der Waals surface area (Å²) in [6.45, 7) is 6.95. The normalized spacial score (nSPS) is 11.7. The molecule has 23 heavy (non-hydrogen) atoms. The third-order valence-corrected chi connectivity index (χ3v) is 3.33. The van der Waals surface area contributed by atoms with E-state index < -0.39 is 5.60 Å². The second-order valence-corrected chi connectivity index (χ2v) is 6.56. The van der Waals surface area contributed by atoms with E-state index >= 15 is 0 Å². The number of benzene rings is 1. The molecule has 1 heterocycles. The van der Waals surface area contributed by atoms with Gasteiger partial charge in [0.25, 0.3) is 0 Å². The van der Waals surface area contributed by atoms with Gasteiger partial charge < -0.3 is 14.6 Å². The molecule has 1 aromatic heterocycles. The summed E-state index contributed by atoms with van der Waals surface area (Å²) >= 11 is 0. The van der Waals surface area contributed by atoms with Gasteiger partial charge in [-0.1, -0.05) is 0 Å². The molecular weight excluding hydrogens is 297 g/mol. The van der Waals surface area contributed by atoms with Gasteiger partial charge in [-0.3, -0.25) is 0 Å². The van der Waals surface area contributed by atoms with Gasteiger partial charge in [0.15, 0.2) is 0 Å². The van der Waals surface area contributed by atoms with E-state index in [0.717, 1.165) is 31.3 Å². The van der Waals surface area contributed by atoms with E-state index in [1.165, 1.54) is 12.1 Å². The molecule has 0 atom stereocenters. The van der Waals surface area contributed by atoms with Gasteiger partial charge >= 0.3 is 6.09 Å². The lowest BCUT2D eigenvalue weighted by molar-refractivity contribution is 0.0527. The number of hydrogen-bond donors (Lipinski definition) is 1. The van der Waals surface area contributed by atoms with Crippen molar-refractivity contribution in [2.24, 2.45) is 0 Å². The smallest absolute Gasteiger partial charge is 0.407 e. The van der Waals surface area contributed by atoms with Gasteiger partial charge in [0.1, 0.15) is 11.4 Å². The molecule has 0 aliphatic carbocycles. The minimum Gasteiger partial charge on any atom is -0.444 e. The SMILES string of the molecule is CC(C)(C)OC(=O)NCCCCCn1cnc2cc(F)ccc21. The van der Waals surface area contributed by atoms with Crippen LogP contribution >= 0.6 is 0 Å². The van der Waals surface area contributed by atoms with Gasteiger partial charge in [-0.05, 0) is 52.2 Å². The number of nitrogens with zero attached hydrogens (tertiary/aromatic N) is 2. The average Bonchev–Trinajstić information content (AvgIpc) is 2.83. The molecule has 0 spiro atoms. The van der Waals surface area contributed by atoms with Crippen LogP contribution in [0.1, 0.15) is 40.0 Å². The van der Waals surface area contributed by atoms with Gasteiger partial charge in [0.2, 0.25) is 0 Å². The van der Waals surface area contributed by atoms with Crippen LogP contribution in [0.5, 0.6) is 0 Å². The number of fused-ring (bicyclic) bond motifs is 1. The molecule has 0 aliphatic rings. The van der Waals surface area contributed by atoms with E-state index in [9.17, 15) is 9.18 Å². The number of carbonyl (C=O) groups excluding carboxylic acids is 1. The zero-order valence-corrected chi connectivity index (χ0v) is 13.9. The Hall–Kier alpha value is -2.11. The summed E-state index contributed by atoms with van der Waals surface area (Å²) < 4.78 is 20.3. The molecule has 2 rings (SSSR count). The zero-order chi connectivity index (χ0) is 16.9. The molecule has 2 aromatic rings. The highest BCUT2D eigenvalue weighted by molar-refractivity contribution is 5.75. The van der Waals surface area contributed by atoms with E-state index in [2.05, 4.69) is 10.3 Å². The number of amides is 1. The van der Waals surface area contributed by atoms with Crippen LogP contribution in [0.15, 0.2) is 24.5 Å². The number of imidazole rings is 1. The van der Waals surface area contributed by atoms with E-state index in [1.54, 1.807) is 12.4 Å². The molecule has 0 radical (unpaired) electrons. The second-order valence-electron chi connectivity index (χ2n) is 6.56. The van der Waals surface area contributed by atoms with E-state index in [4.69, 9.17) is 4.74 Å². The third-order valence-electron chi connectivity index (χ3n) is 3.33. The first-order valence-corrected chi connectivity index (χ1v) is 7.92. The van der Waals surface area contributed by atoms with Crippen molar-refractivity contribution < 1.29 is 13.9 Å². The van der Waals surface area contributed by atoms with Crippen molar-refractivity contribution >= 4 is 17.1 Å². The van der Waals surface area contributed by atoms with Crippen molar-refractivity contribution in [3.63, 3.8) is 0 Å². The Morgan fingerprint density at radius 3 is 2.83 bits per heavy atom. The minimum absolute atomic E-state index is 0.268. The molecule has 0 aliphatic heterocycles. The van der Waals surface area contributed by atoms with Crippen LogP contribution in [0.2, 0.25) is 0 Å². The van der Waals surface area contributed by atoms with Gasteiger partial charge in [-0.15, -0.1) is 0 Å². The molecule has 1 N–H and O–H groups in total. The minimum atomic E-state index is -0.466. The summed E-state index contributed by atoms with van der Waals surface area (Å²) in [6, 6.07) is 4.64. The first-order chi connectivity index (χ1) is 10.8. The second kappa shape index (κ2) is 7.44. The van der Waals surface area contributed by atoms with Crippen LogP contribution < -0.4 is 5.32 Å². The Morgan fingerprint density at radius 2 is 2.09 bits per heavy atom. The molecule has 0 fully saturated rings. The Balaban J connectivity index is 1.66. The maximum Gasteiger partial charge on any atom is 0.407 e. The standard InChI is InChI=1S/C17H24FN3O2/c1-17(2,3)23-16(22)19-9-5-4-6-10-21-12-20-14-11-13(18)7-8-15(14)21/h7-8,11-12H,4-6,9-10H2,1-3H3,(H,19,22). The van der Waals surface area contributed by atoms with Crippen LogP contribution in [0.25, 0.3) is 11.0 Å². The summed E-state index contributed by atoms with van der Waals surface area (Å²) in [7, 11) is 0. The van der Waals surface area contributed by atoms with Crippen molar-refractivity contribution in [1.82, 2.24) is 14.9 Å². The maximum absolute atomic E-state index is 13.1. The highest BCUT2D eigenvalue weighted by Crippen LogP contribution is 2.15. The molecule has 6 heteroatoms. The zero-order valence-electron chi connectivity index (χ0n) is 13.9. The van der Waals surface area contributed by atoms with Crippen molar-refractivity contribution in [2.45, 2.75) is 52.2 Å². The number of hydrogen-bond acceptors (Lipinski definition) is 3. The predicted octanol–water partition coefficient (Wildman–Crippen LogP) is 3.87. The van der Waals surface area contributed by atoms with Crippen LogP contribution in [0.4, 0.5) is 9.18 Å². The van der Waals surface area contributed by atoms with Crippen molar-refractivity contribution in [3.05, 3.63) is 30.3 Å². The highest BCUT2D eigenvalue weighted by Gasteiger charge is 2.15. The fourth-order valence-electron chi connectivity index (χ4n) is 2.30. The average molecular weight is 321 g/mol. The van der Waals surface area contributed by atoms with Crippen LogP contribution in [-0.4, -0.2) is 27.8 Å². The molecule has 0 unspecified atom stereocenters. The molecule has 1 amide bonds. The molecule has 0 saturated heterocycles. The summed E-state index contributed by atoms with van der Waals surface area (Å²) in [5.74, 6) is -0.268. The monoisotopic (exact) mass is 321 g/mol. The lowest BCUT2D eigenvalue weighted by Gasteiger charge is -2.19. The van der Waals surface area contributed by atoms with Gasteiger partial charge in [0.05, 0.1) is 17.4 Å². The summed E-state index contributed by atoms with van der Waals surface area (Å²) in [4.78, 5) is 15.7. The van der Waals surface area contributed by atoms with Crippen molar-refractivity contribution in [1.29, 1.82) is 0 Å². The highest BCUT2D eigenvalue weighted by atomic mass is 19.1. The van der Waals surface area contributed by atoms with E-state index in [1.807, 2.05) is 25.3 Å². The van der Waals surface area contributed by atoms with E-state index in [-0.39, 0.29) is 11.9 Å². The quantitative estimate of drug-likeness (QED) is 0.822. The topological polar surface area (TPSA) is 56.1 Å². The lowest BCUT2D eigenvalue weighted by Crippen LogP contribution is -2.33. The molecule has 5 nitrogen and oxygen atoms in total. The van der Waals surface area contributed by atoms with Crippen LogP contribution in [-0.2, 0) is 11.3 Å². The number of unbranched alkanes of at least 4 members (excludes halogenated alkanes) is 2. The number of halogens is 1. The Kier molecular flexibility index (Phi) is 5.58. The van der Waals surface area contributed by atoms with Gasteiger partial charge in [-0.25, -0.2) is 14.2 Å². The van der Waals surface area contributed by atoms with E-state index in [0.29, 0.717) is 12.1 Å². The number of alkyl carbamates (subject to hydrolysis) is 1. The van der Waals surface area contributed by atoms with Crippen molar-refractivity contribution in [2.75, 3.05) is 6.54 Å². The number of carbonyl (C=O) groups is 1. The van der Waals surface area contributed by atoms with Gasteiger partial charge in [-0.2, -0.15) is 0 Å². The van der Waals surface area contributed by atoms with Crippen LogP contribution in [0, 0.1) is 5.82 Å². The number of aromatic nitrogens is 2. The van der Waals surface area contributed by atoms with Gasteiger partial charge in [0, 0.05) is 19.2 Å². The largest absolute Gasteiger partial charge is 0.444 e. The number of ether oxygens (including phenoxy) is 1. The van der Waals surface area contributed by atoms with Crippen molar-refractivity contribution in [3.8, 4) is 0 Å². The third kappa shape index (κ3) is 5.54. The summed E-state index contributed by atoms with van der Waals surface area (Å²) in [5.41, 5.74) is 1.15. The first kappa shape index (κ1) is 17.2. The predicted molar refractivity (Wildman–Crippen MR) is 87.8 cm³/mol. The lowest BCUT2D eigenvalue weighted by atomic mass is 10.2. The number of rotatable bonds is 6. The Labute approximate surface area is 135 Å². The first-order valence-electron chi connectivity index (χ1n) is 7.92. The summed E-state index contributed by atoms with van der Waals surface area (Å²) in [6.07, 6.45) is 4.21. The molecule has 1 aromatic carbocycles. The molecule has 126 valence electrons. The molecule has 0 saturated carbocycles. The van der Waals surface area contributed by atoms with Crippen LogP contribution in [0.3, 0.4) is 0 Å². The number of aryl methyl sites for hydroxylation is 1. The maximum atomic E-state index is 13.1. The summed E-state index contributed by atoms with van der Waals surface area (Å²) in [5, 5.41) is 2.75.